The molecule has 0 N–H and O–H groups in total. The van der Waals surface area contributed by atoms with Gasteiger partial charge in [-0.25, -0.2) is 0 Å². The van der Waals surface area contributed by atoms with E-state index in [0.29, 0.717) is 5.75 Å². The van der Waals surface area contributed by atoms with Gasteiger partial charge in [0.15, 0.2) is 0 Å². The molecule has 0 amide bonds. The van der Waals surface area contributed by atoms with Crippen molar-refractivity contribution in [2.45, 2.75) is 6.92 Å². The van der Waals surface area contributed by atoms with Crippen LogP contribution in [0.1, 0.15) is 5.56 Å². The Kier molecular flexibility index (Phi) is 6.80. The first-order valence-electron chi connectivity index (χ1n) is 5.52. The molecule has 0 aliphatic heterocycles. The van der Waals surface area contributed by atoms with Gasteiger partial charge in [-0.3, -0.25) is 0 Å². The SMILES string of the molecule is C#CC#CC#CC#CC#CC#COc1ccccc1C. The molecule has 1 nitrogen and oxygen atoms in total. The largest absolute Gasteiger partial charge is 0.406 e. The van der Waals surface area contributed by atoms with Gasteiger partial charge in [0.1, 0.15) is 11.9 Å². The first kappa shape index (κ1) is 14.4. The molecular weight excluding hydrogens is 244 g/mol. The molecule has 90 valence electrons. The standard InChI is InChI=1S/C19H8O/c1-3-4-5-6-7-8-9-10-11-14-17-20-19-16-13-12-15-18(19)2/h1,12-13,15-16H,2H3. The molecule has 0 bridgehead atoms. The summed E-state index contributed by atoms with van der Waals surface area (Å²) in [5.41, 5.74) is 1.01. The van der Waals surface area contributed by atoms with E-state index in [1.54, 1.807) is 0 Å². The molecule has 0 fully saturated rings. The van der Waals surface area contributed by atoms with Gasteiger partial charge in [0.2, 0.25) is 0 Å². The fourth-order valence-corrected chi connectivity index (χ4v) is 1.03. The summed E-state index contributed by atoms with van der Waals surface area (Å²) in [4.78, 5) is 0. The molecule has 1 heteroatoms. The first-order chi connectivity index (χ1) is 9.84. The van der Waals surface area contributed by atoms with Gasteiger partial charge in [0.05, 0.1) is 0 Å². The molecule has 1 rings (SSSR count). The summed E-state index contributed by atoms with van der Waals surface area (Å²) in [6, 6.07) is 7.59. The van der Waals surface area contributed by atoms with E-state index in [2.05, 4.69) is 65.3 Å². The molecule has 0 saturated heterocycles. The second-order valence-electron chi connectivity index (χ2n) is 3.24. The minimum Gasteiger partial charge on any atom is -0.406 e. The van der Waals surface area contributed by atoms with Gasteiger partial charge < -0.3 is 4.74 Å². The lowest BCUT2D eigenvalue weighted by Crippen LogP contribution is -1.85. The van der Waals surface area contributed by atoms with Crippen LogP contribution in [0, 0.1) is 78.7 Å². The van der Waals surface area contributed by atoms with Crippen molar-refractivity contribution in [2.24, 2.45) is 0 Å². The highest BCUT2D eigenvalue weighted by atomic mass is 16.5. The van der Waals surface area contributed by atoms with E-state index < -0.39 is 0 Å². The minimum absolute atomic E-state index is 0.714. The van der Waals surface area contributed by atoms with Gasteiger partial charge in [-0.2, -0.15) is 0 Å². The van der Waals surface area contributed by atoms with Crippen molar-refractivity contribution in [3.8, 4) is 77.5 Å². The van der Waals surface area contributed by atoms with Crippen LogP contribution in [-0.2, 0) is 0 Å². The second-order valence-corrected chi connectivity index (χ2v) is 3.24. The molecule has 0 radical (unpaired) electrons. The summed E-state index contributed by atoms with van der Waals surface area (Å²) in [5, 5.41) is 0. The third-order valence-electron chi connectivity index (χ3n) is 1.88. The average molecular weight is 252 g/mol. The fourth-order valence-electron chi connectivity index (χ4n) is 1.03. The fraction of sp³-hybridized carbons (Fsp3) is 0.0526. The summed E-state index contributed by atoms with van der Waals surface area (Å²) in [5.74, 6) is 25.2. The Morgan fingerprint density at radius 3 is 1.95 bits per heavy atom. The highest BCUT2D eigenvalue weighted by Gasteiger charge is 1.93. The zero-order valence-electron chi connectivity index (χ0n) is 10.8. The van der Waals surface area contributed by atoms with Gasteiger partial charge in [-0.15, -0.1) is 6.42 Å². The molecule has 0 saturated carbocycles. The van der Waals surface area contributed by atoms with Crippen molar-refractivity contribution in [3.63, 3.8) is 0 Å². The van der Waals surface area contributed by atoms with E-state index >= 15 is 0 Å². The molecule has 0 aliphatic carbocycles. The van der Waals surface area contributed by atoms with Crippen LogP contribution < -0.4 is 4.74 Å². The minimum atomic E-state index is 0.714. The predicted molar refractivity (Wildman–Crippen MR) is 79.5 cm³/mol. The van der Waals surface area contributed by atoms with Crippen LogP contribution in [0.25, 0.3) is 0 Å². The summed E-state index contributed by atoms with van der Waals surface area (Å²) < 4.78 is 5.23. The number of benzene rings is 1. The van der Waals surface area contributed by atoms with Gasteiger partial charge in [0.25, 0.3) is 0 Å². The average Bonchev–Trinajstić information content (AvgIpc) is 2.46. The number of rotatable bonds is 1. The molecule has 0 aromatic heterocycles. The lowest BCUT2D eigenvalue weighted by molar-refractivity contribution is 0.516. The third kappa shape index (κ3) is 6.20. The highest BCUT2D eigenvalue weighted by Crippen LogP contribution is 2.15. The Labute approximate surface area is 119 Å². The number of ether oxygens (including phenoxy) is 1. The van der Waals surface area contributed by atoms with Crippen LogP contribution in [0.15, 0.2) is 24.3 Å². The van der Waals surface area contributed by atoms with E-state index in [-0.39, 0.29) is 0 Å². The van der Waals surface area contributed by atoms with Crippen molar-refractivity contribution in [2.75, 3.05) is 0 Å². The summed E-state index contributed by atoms with van der Waals surface area (Å²) >= 11 is 0. The monoisotopic (exact) mass is 252 g/mol. The van der Waals surface area contributed by atoms with Crippen molar-refractivity contribution in [1.82, 2.24) is 0 Å². The smallest absolute Gasteiger partial charge is 0.143 e. The second kappa shape index (κ2) is 9.41. The summed E-state index contributed by atoms with van der Waals surface area (Å²) in [6.07, 6.45) is 7.40. The van der Waals surface area contributed by atoms with E-state index in [4.69, 9.17) is 11.2 Å². The van der Waals surface area contributed by atoms with E-state index in [1.165, 1.54) is 0 Å². The van der Waals surface area contributed by atoms with Crippen LogP contribution in [0.3, 0.4) is 0 Å². The quantitative estimate of drug-likeness (QED) is 0.694. The molecule has 0 atom stereocenters. The Hall–Kier alpha value is -3.62. The third-order valence-corrected chi connectivity index (χ3v) is 1.88. The molecule has 20 heavy (non-hydrogen) atoms. The Bertz CT molecular complexity index is 824. The Balaban J connectivity index is 2.50. The zero-order chi connectivity index (χ0) is 14.5. The molecule has 1 aromatic carbocycles. The Morgan fingerprint density at radius 1 is 0.800 bits per heavy atom. The van der Waals surface area contributed by atoms with E-state index in [9.17, 15) is 0 Å². The first-order valence-corrected chi connectivity index (χ1v) is 5.52. The normalized spacial score (nSPS) is 6.20. The Morgan fingerprint density at radius 2 is 1.35 bits per heavy atom. The van der Waals surface area contributed by atoms with Crippen molar-refractivity contribution in [3.05, 3.63) is 29.8 Å². The molecule has 0 spiro atoms. The zero-order valence-corrected chi connectivity index (χ0v) is 10.8. The topological polar surface area (TPSA) is 9.23 Å². The number of para-hydroxylation sites is 1. The molecular formula is C19H8O. The predicted octanol–water partition coefficient (Wildman–Crippen LogP) is 1.98. The van der Waals surface area contributed by atoms with Gasteiger partial charge in [0, 0.05) is 29.6 Å². The maximum absolute atomic E-state index is 5.23. The van der Waals surface area contributed by atoms with Crippen molar-refractivity contribution in [1.29, 1.82) is 0 Å². The molecule has 0 aliphatic rings. The number of hydrogen-bond acceptors (Lipinski definition) is 1. The number of terminal acetylenes is 1. The molecule has 1 aromatic rings. The maximum atomic E-state index is 5.23. The lowest BCUT2D eigenvalue weighted by Gasteiger charge is -1.99. The lowest BCUT2D eigenvalue weighted by atomic mass is 10.2. The number of aryl methyl sites for hydroxylation is 1. The van der Waals surface area contributed by atoms with Crippen LogP contribution in [0.4, 0.5) is 0 Å². The maximum Gasteiger partial charge on any atom is 0.143 e. The van der Waals surface area contributed by atoms with Gasteiger partial charge in [-0.05, 0) is 48.2 Å². The summed E-state index contributed by atoms with van der Waals surface area (Å²) in [6.45, 7) is 1.94. The highest BCUT2D eigenvalue weighted by molar-refractivity contribution is 5.43. The van der Waals surface area contributed by atoms with Crippen LogP contribution in [-0.4, -0.2) is 0 Å². The molecule has 0 heterocycles. The van der Waals surface area contributed by atoms with Gasteiger partial charge in [-0.1, -0.05) is 18.2 Å². The van der Waals surface area contributed by atoms with Crippen LogP contribution >= 0.6 is 0 Å². The van der Waals surface area contributed by atoms with Crippen LogP contribution in [0.2, 0.25) is 0 Å². The van der Waals surface area contributed by atoms with Crippen molar-refractivity contribution >= 4 is 0 Å². The van der Waals surface area contributed by atoms with Crippen molar-refractivity contribution < 1.29 is 4.74 Å². The van der Waals surface area contributed by atoms with Crippen LogP contribution in [0.5, 0.6) is 5.75 Å². The van der Waals surface area contributed by atoms with E-state index in [1.807, 2.05) is 31.2 Å². The summed E-state index contributed by atoms with van der Waals surface area (Å²) in [7, 11) is 0. The number of hydrogen-bond donors (Lipinski definition) is 0. The van der Waals surface area contributed by atoms with E-state index in [0.717, 1.165) is 5.56 Å². The van der Waals surface area contributed by atoms with Gasteiger partial charge >= 0.3 is 0 Å². The molecule has 0 unspecified atom stereocenters.